The molecule has 0 spiro atoms. The van der Waals surface area contributed by atoms with Crippen LogP contribution in [-0.4, -0.2) is 41.3 Å². The van der Waals surface area contributed by atoms with Gasteiger partial charge in [0.2, 0.25) is 5.91 Å². The van der Waals surface area contributed by atoms with Crippen molar-refractivity contribution in [2.75, 3.05) is 18.5 Å². The van der Waals surface area contributed by atoms with Crippen LogP contribution < -0.4 is 0 Å². The first-order valence-corrected chi connectivity index (χ1v) is 5.85. The van der Waals surface area contributed by atoms with Crippen LogP contribution in [-0.2, 0) is 14.3 Å². The molecule has 0 bridgehead atoms. The average Bonchev–Trinajstić information content (AvgIpc) is 2.65. The first-order chi connectivity index (χ1) is 6.70. The third kappa shape index (κ3) is 2.47. The fourth-order valence-electron chi connectivity index (χ4n) is 1.63. The molecule has 5 heteroatoms. The maximum Gasteiger partial charge on any atom is 0.328 e. The van der Waals surface area contributed by atoms with Gasteiger partial charge in [-0.1, -0.05) is 15.9 Å². The van der Waals surface area contributed by atoms with Gasteiger partial charge in [-0.15, -0.1) is 0 Å². The molecule has 1 amide bonds. The van der Waals surface area contributed by atoms with Crippen LogP contribution in [0.25, 0.3) is 0 Å². The lowest BCUT2D eigenvalue weighted by molar-refractivity contribution is -0.152. The van der Waals surface area contributed by atoms with E-state index in [4.69, 9.17) is 4.74 Å². The summed E-state index contributed by atoms with van der Waals surface area (Å²) < 4.78 is 4.90. The molecule has 0 aromatic heterocycles. The third-order valence-electron chi connectivity index (χ3n) is 2.25. The SMILES string of the molecule is CCOC(=O)C1CCCN1C(=O)CBr. The molecule has 0 aromatic carbocycles. The summed E-state index contributed by atoms with van der Waals surface area (Å²) in [5.41, 5.74) is 0. The van der Waals surface area contributed by atoms with E-state index in [-0.39, 0.29) is 23.2 Å². The van der Waals surface area contributed by atoms with Crippen molar-refractivity contribution in [3.63, 3.8) is 0 Å². The largest absolute Gasteiger partial charge is 0.464 e. The second-order valence-corrected chi connectivity index (χ2v) is 3.69. The zero-order valence-electron chi connectivity index (χ0n) is 8.16. The Morgan fingerprint density at radius 3 is 2.86 bits per heavy atom. The summed E-state index contributed by atoms with van der Waals surface area (Å²) in [5, 5.41) is 0.267. The van der Waals surface area contributed by atoms with E-state index < -0.39 is 0 Å². The lowest BCUT2D eigenvalue weighted by atomic mass is 10.2. The molecular weight excluding hydrogens is 250 g/mol. The Kier molecular flexibility index (Phi) is 4.38. The van der Waals surface area contributed by atoms with E-state index in [1.54, 1.807) is 11.8 Å². The van der Waals surface area contributed by atoms with Gasteiger partial charge >= 0.3 is 5.97 Å². The van der Waals surface area contributed by atoms with Crippen molar-refractivity contribution in [1.82, 2.24) is 4.90 Å². The van der Waals surface area contributed by atoms with Gasteiger partial charge in [-0.3, -0.25) is 4.79 Å². The van der Waals surface area contributed by atoms with Gasteiger partial charge < -0.3 is 9.64 Å². The fraction of sp³-hybridized carbons (Fsp3) is 0.778. The second kappa shape index (κ2) is 5.34. The van der Waals surface area contributed by atoms with E-state index in [1.165, 1.54) is 0 Å². The molecule has 0 radical (unpaired) electrons. The van der Waals surface area contributed by atoms with Gasteiger partial charge in [0, 0.05) is 6.54 Å². The molecule has 1 fully saturated rings. The van der Waals surface area contributed by atoms with Crippen molar-refractivity contribution in [3.05, 3.63) is 0 Å². The minimum absolute atomic E-state index is 0.0412. The standard InChI is InChI=1S/C9H14BrNO3/c1-2-14-9(13)7-4-3-5-11(7)8(12)6-10/h7H,2-6H2,1H3. The molecule has 14 heavy (non-hydrogen) atoms. The highest BCUT2D eigenvalue weighted by Gasteiger charge is 2.34. The maximum absolute atomic E-state index is 11.4. The molecule has 0 aromatic rings. The first-order valence-electron chi connectivity index (χ1n) is 4.72. The maximum atomic E-state index is 11.4. The van der Waals surface area contributed by atoms with Gasteiger partial charge in [-0.05, 0) is 19.8 Å². The molecule has 80 valence electrons. The molecule has 1 aliphatic rings. The van der Waals surface area contributed by atoms with Crippen LogP contribution in [0.15, 0.2) is 0 Å². The predicted octanol–water partition coefficient (Wildman–Crippen LogP) is 0.935. The van der Waals surface area contributed by atoms with Gasteiger partial charge in [0.1, 0.15) is 6.04 Å². The minimum Gasteiger partial charge on any atom is -0.464 e. The summed E-state index contributed by atoms with van der Waals surface area (Å²) in [6.45, 7) is 2.79. The predicted molar refractivity (Wildman–Crippen MR) is 55.2 cm³/mol. The molecule has 1 atom stereocenters. The Bertz CT molecular complexity index is 232. The Morgan fingerprint density at radius 1 is 1.57 bits per heavy atom. The van der Waals surface area contributed by atoms with Crippen LogP contribution in [0.2, 0.25) is 0 Å². The van der Waals surface area contributed by atoms with Crippen LogP contribution >= 0.6 is 15.9 Å². The number of halogens is 1. The number of carbonyl (C=O) groups is 2. The third-order valence-corrected chi connectivity index (χ3v) is 2.73. The van der Waals surface area contributed by atoms with Crippen LogP contribution in [0.3, 0.4) is 0 Å². The topological polar surface area (TPSA) is 46.6 Å². The van der Waals surface area contributed by atoms with Gasteiger partial charge in [-0.25, -0.2) is 4.79 Å². The van der Waals surface area contributed by atoms with E-state index in [0.29, 0.717) is 13.2 Å². The normalized spacial score (nSPS) is 21.0. The zero-order chi connectivity index (χ0) is 10.6. The number of amides is 1. The molecule has 1 heterocycles. The zero-order valence-corrected chi connectivity index (χ0v) is 9.75. The quantitative estimate of drug-likeness (QED) is 0.563. The number of alkyl halides is 1. The summed E-state index contributed by atoms with van der Waals surface area (Å²) in [6.07, 6.45) is 1.60. The van der Waals surface area contributed by atoms with Gasteiger partial charge in [0.25, 0.3) is 0 Å². The first kappa shape index (κ1) is 11.5. The summed E-state index contributed by atoms with van der Waals surface area (Å²) >= 11 is 3.10. The van der Waals surface area contributed by atoms with Crippen LogP contribution in [0.4, 0.5) is 0 Å². The van der Waals surface area contributed by atoms with Gasteiger partial charge in [0.15, 0.2) is 0 Å². The molecule has 0 N–H and O–H groups in total. The van der Waals surface area contributed by atoms with Gasteiger partial charge in [0.05, 0.1) is 11.9 Å². The Morgan fingerprint density at radius 2 is 2.29 bits per heavy atom. The average molecular weight is 264 g/mol. The molecule has 1 saturated heterocycles. The number of ether oxygens (including phenoxy) is 1. The van der Waals surface area contributed by atoms with Crippen molar-refractivity contribution in [2.24, 2.45) is 0 Å². The summed E-state index contributed by atoms with van der Waals surface area (Å²) in [6, 6.07) is -0.361. The molecule has 0 saturated carbocycles. The number of carbonyl (C=O) groups excluding carboxylic acids is 2. The highest BCUT2D eigenvalue weighted by Crippen LogP contribution is 2.19. The van der Waals surface area contributed by atoms with E-state index in [1.807, 2.05) is 0 Å². The van der Waals surface area contributed by atoms with Crippen molar-refractivity contribution >= 4 is 27.8 Å². The van der Waals surface area contributed by atoms with Crippen LogP contribution in [0.5, 0.6) is 0 Å². The van der Waals surface area contributed by atoms with E-state index in [0.717, 1.165) is 12.8 Å². The number of hydrogen-bond donors (Lipinski definition) is 0. The van der Waals surface area contributed by atoms with Crippen LogP contribution in [0.1, 0.15) is 19.8 Å². The van der Waals surface area contributed by atoms with Gasteiger partial charge in [-0.2, -0.15) is 0 Å². The summed E-state index contributed by atoms with van der Waals surface area (Å²) in [4.78, 5) is 24.4. The highest BCUT2D eigenvalue weighted by molar-refractivity contribution is 9.09. The molecule has 1 rings (SSSR count). The molecular formula is C9H14BrNO3. The number of likely N-dealkylation sites (tertiary alicyclic amines) is 1. The van der Waals surface area contributed by atoms with E-state index in [2.05, 4.69) is 15.9 Å². The summed E-state index contributed by atoms with van der Waals surface area (Å²) in [7, 11) is 0. The molecule has 0 aliphatic carbocycles. The van der Waals surface area contributed by atoms with Crippen molar-refractivity contribution in [2.45, 2.75) is 25.8 Å². The Balaban J connectivity index is 2.59. The molecule has 4 nitrogen and oxygen atoms in total. The number of rotatable bonds is 3. The lowest BCUT2D eigenvalue weighted by Crippen LogP contribution is -2.41. The fourth-order valence-corrected chi connectivity index (χ4v) is 1.95. The molecule has 1 aliphatic heterocycles. The number of nitrogens with zero attached hydrogens (tertiary/aromatic N) is 1. The monoisotopic (exact) mass is 263 g/mol. The number of esters is 1. The van der Waals surface area contributed by atoms with Crippen molar-refractivity contribution in [3.8, 4) is 0 Å². The second-order valence-electron chi connectivity index (χ2n) is 3.13. The smallest absolute Gasteiger partial charge is 0.328 e. The minimum atomic E-state index is -0.361. The van der Waals surface area contributed by atoms with Crippen LogP contribution in [0, 0.1) is 0 Å². The highest BCUT2D eigenvalue weighted by atomic mass is 79.9. The van der Waals surface area contributed by atoms with E-state index in [9.17, 15) is 9.59 Å². The molecule has 1 unspecified atom stereocenters. The Labute approximate surface area is 91.7 Å². The number of hydrogen-bond acceptors (Lipinski definition) is 3. The lowest BCUT2D eigenvalue weighted by Gasteiger charge is -2.21. The summed E-state index contributed by atoms with van der Waals surface area (Å²) in [5.74, 6) is -0.320. The van der Waals surface area contributed by atoms with Crippen molar-refractivity contribution in [1.29, 1.82) is 0 Å². The van der Waals surface area contributed by atoms with Crippen molar-refractivity contribution < 1.29 is 14.3 Å². The van der Waals surface area contributed by atoms with E-state index >= 15 is 0 Å². The Hall–Kier alpha value is -0.580.